The van der Waals surface area contributed by atoms with Gasteiger partial charge < -0.3 is 20.3 Å². The first kappa shape index (κ1) is 14.2. The number of aryl methyl sites for hydroxylation is 1. The molecule has 106 valence electrons. The third kappa shape index (κ3) is 3.65. The van der Waals surface area contributed by atoms with Crippen LogP contribution in [0.15, 0.2) is 6.20 Å². The van der Waals surface area contributed by atoms with E-state index in [9.17, 15) is 10.2 Å². The first-order chi connectivity index (χ1) is 9.22. The van der Waals surface area contributed by atoms with E-state index in [1.165, 1.54) is 6.42 Å². The SMILES string of the molecule is Cc1ncc(CO)c(CNCC2CCCOC2)c1O. The van der Waals surface area contributed by atoms with Gasteiger partial charge in [-0.1, -0.05) is 0 Å². The fraction of sp³-hybridized carbons (Fsp3) is 0.643. The average Bonchev–Trinajstić information content (AvgIpc) is 2.45. The number of nitrogens with one attached hydrogen (secondary N) is 1. The third-order valence-electron chi connectivity index (χ3n) is 3.59. The van der Waals surface area contributed by atoms with E-state index < -0.39 is 0 Å². The molecule has 0 amide bonds. The van der Waals surface area contributed by atoms with Crippen molar-refractivity contribution in [2.75, 3.05) is 19.8 Å². The van der Waals surface area contributed by atoms with E-state index in [0.717, 1.165) is 31.7 Å². The number of aromatic nitrogens is 1. The van der Waals surface area contributed by atoms with Gasteiger partial charge in [-0.3, -0.25) is 4.98 Å². The zero-order chi connectivity index (χ0) is 13.7. The van der Waals surface area contributed by atoms with Crippen molar-refractivity contribution in [3.63, 3.8) is 0 Å². The van der Waals surface area contributed by atoms with Gasteiger partial charge in [-0.2, -0.15) is 0 Å². The Hall–Kier alpha value is -1.17. The van der Waals surface area contributed by atoms with Gasteiger partial charge >= 0.3 is 0 Å². The molecule has 3 N–H and O–H groups in total. The minimum atomic E-state index is -0.107. The number of hydrogen-bond donors (Lipinski definition) is 3. The van der Waals surface area contributed by atoms with Crippen LogP contribution in [0.2, 0.25) is 0 Å². The van der Waals surface area contributed by atoms with Gasteiger partial charge in [-0.05, 0) is 25.7 Å². The minimum Gasteiger partial charge on any atom is -0.506 e. The van der Waals surface area contributed by atoms with Crippen molar-refractivity contribution < 1.29 is 14.9 Å². The summed E-state index contributed by atoms with van der Waals surface area (Å²) in [6, 6.07) is 0. The standard InChI is InChI=1S/C14H22N2O3/c1-10-14(18)13(12(8-17)6-16-10)7-15-5-11-3-2-4-19-9-11/h6,11,15,17-18H,2-5,7-9H2,1H3. The van der Waals surface area contributed by atoms with Crippen molar-refractivity contribution in [3.05, 3.63) is 23.0 Å². The highest BCUT2D eigenvalue weighted by Gasteiger charge is 2.15. The van der Waals surface area contributed by atoms with Crippen molar-refractivity contribution in [1.29, 1.82) is 0 Å². The van der Waals surface area contributed by atoms with Crippen LogP contribution < -0.4 is 5.32 Å². The third-order valence-corrected chi connectivity index (χ3v) is 3.59. The van der Waals surface area contributed by atoms with E-state index in [0.29, 0.717) is 23.7 Å². The number of nitrogens with zero attached hydrogens (tertiary/aromatic N) is 1. The van der Waals surface area contributed by atoms with Crippen LogP contribution in [0.5, 0.6) is 5.75 Å². The maximum atomic E-state index is 10.0. The van der Waals surface area contributed by atoms with Crippen molar-refractivity contribution in [2.24, 2.45) is 5.92 Å². The summed E-state index contributed by atoms with van der Waals surface area (Å²) >= 11 is 0. The van der Waals surface area contributed by atoms with Gasteiger partial charge in [0, 0.05) is 37.0 Å². The molecule has 1 aliphatic rings. The highest BCUT2D eigenvalue weighted by atomic mass is 16.5. The van der Waals surface area contributed by atoms with E-state index in [1.54, 1.807) is 13.1 Å². The molecule has 2 rings (SSSR count). The second-order valence-electron chi connectivity index (χ2n) is 5.07. The molecule has 1 fully saturated rings. The monoisotopic (exact) mass is 266 g/mol. The van der Waals surface area contributed by atoms with Crippen LogP contribution in [-0.4, -0.2) is 35.0 Å². The summed E-state index contributed by atoms with van der Waals surface area (Å²) in [7, 11) is 0. The Morgan fingerprint density at radius 2 is 2.37 bits per heavy atom. The van der Waals surface area contributed by atoms with Crippen LogP contribution in [0.4, 0.5) is 0 Å². The molecule has 1 aromatic heterocycles. The second-order valence-corrected chi connectivity index (χ2v) is 5.07. The minimum absolute atomic E-state index is 0.107. The molecule has 0 aliphatic carbocycles. The first-order valence-corrected chi connectivity index (χ1v) is 6.78. The fourth-order valence-corrected chi connectivity index (χ4v) is 2.39. The van der Waals surface area contributed by atoms with E-state index >= 15 is 0 Å². The Morgan fingerprint density at radius 3 is 3.05 bits per heavy atom. The number of aliphatic hydroxyl groups is 1. The number of hydrogen-bond acceptors (Lipinski definition) is 5. The van der Waals surface area contributed by atoms with Crippen molar-refractivity contribution >= 4 is 0 Å². The highest BCUT2D eigenvalue weighted by Crippen LogP contribution is 2.23. The van der Waals surface area contributed by atoms with Gasteiger partial charge in [-0.15, -0.1) is 0 Å². The summed E-state index contributed by atoms with van der Waals surface area (Å²) in [6.07, 6.45) is 3.92. The second kappa shape index (κ2) is 6.84. The summed E-state index contributed by atoms with van der Waals surface area (Å²) in [5.74, 6) is 0.718. The number of rotatable bonds is 5. The van der Waals surface area contributed by atoms with Crippen LogP contribution in [0, 0.1) is 12.8 Å². The summed E-state index contributed by atoms with van der Waals surface area (Å²) in [5.41, 5.74) is 2.01. The Morgan fingerprint density at radius 1 is 1.53 bits per heavy atom. The van der Waals surface area contributed by atoms with Crippen LogP contribution >= 0.6 is 0 Å². The van der Waals surface area contributed by atoms with Gasteiger partial charge in [0.05, 0.1) is 18.9 Å². The molecule has 0 spiro atoms. The molecule has 5 nitrogen and oxygen atoms in total. The predicted molar refractivity (Wildman–Crippen MR) is 71.8 cm³/mol. The Bertz CT molecular complexity index is 417. The molecule has 2 heterocycles. The molecular weight excluding hydrogens is 244 g/mol. The normalized spacial score (nSPS) is 19.6. The van der Waals surface area contributed by atoms with Gasteiger partial charge in [0.2, 0.25) is 0 Å². The summed E-state index contributed by atoms with van der Waals surface area (Å²) in [6.45, 7) is 4.74. The summed E-state index contributed by atoms with van der Waals surface area (Å²) in [5, 5.41) is 22.6. The highest BCUT2D eigenvalue weighted by molar-refractivity contribution is 5.40. The van der Waals surface area contributed by atoms with Gasteiger partial charge in [0.1, 0.15) is 5.75 Å². The van der Waals surface area contributed by atoms with Crippen LogP contribution in [0.25, 0.3) is 0 Å². The molecular formula is C14H22N2O3. The zero-order valence-electron chi connectivity index (χ0n) is 11.4. The number of aliphatic hydroxyl groups excluding tert-OH is 1. The van der Waals surface area contributed by atoms with E-state index in [-0.39, 0.29) is 12.4 Å². The lowest BCUT2D eigenvalue weighted by molar-refractivity contribution is 0.0547. The predicted octanol–water partition coefficient (Wildman–Crippen LogP) is 1.10. The summed E-state index contributed by atoms with van der Waals surface area (Å²) in [4.78, 5) is 4.05. The van der Waals surface area contributed by atoms with Crippen LogP contribution in [-0.2, 0) is 17.9 Å². The molecule has 0 aromatic carbocycles. The van der Waals surface area contributed by atoms with E-state index in [2.05, 4.69) is 10.3 Å². The van der Waals surface area contributed by atoms with E-state index in [4.69, 9.17) is 4.74 Å². The first-order valence-electron chi connectivity index (χ1n) is 6.78. The Kier molecular flexibility index (Phi) is 5.13. The number of aromatic hydroxyl groups is 1. The molecule has 1 aliphatic heterocycles. The number of pyridine rings is 1. The quantitative estimate of drug-likeness (QED) is 0.744. The molecule has 0 radical (unpaired) electrons. The van der Waals surface area contributed by atoms with Gasteiger partial charge in [-0.25, -0.2) is 0 Å². The number of ether oxygens (including phenoxy) is 1. The lowest BCUT2D eigenvalue weighted by atomic mass is 10.0. The molecule has 19 heavy (non-hydrogen) atoms. The molecule has 1 saturated heterocycles. The molecule has 5 heteroatoms. The lowest BCUT2D eigenvalue weighted by Crippen LogP contribution is -2.29. The van der Waals surface area contributed by atoms with Gasteiger partial charge in [0.25, 0.3) is 0 Å². The van der Waals surface area contributed by atoms with Crippen LogP contribution in [0.3, 0.4) is 0 Å². The average molecular weight is 266 g/mol. The Labute approximate surface area is 113 Å². The molecule has 0 saturated carbocycles. The van der Waals surface area contributed by atoms with Gasteiger partial charge in [0.15, 0.2) is 0 Å². The topological polar surface area (TPSA) is 74.6 Å². The maximum absolute atomic E-state index is 10.0. The van der Waals surface area contributed by atoms with Crippen LogP contribution in [0.1, 0.15) is 29.7 Å². The Balaban J connectivity index is 1.92. The molecule has 1 aromatic rings. The van der Waals surface area contributed by atoms with Crippen molar-refractivity contribution in [3.8, 4) is 5.75 Å². The van der Waals surface area contributed by atoms with E-state index in [1.807, 2.05) is 0 Å². The van der Waals surface area contributed by atoms with Crippen molar-refractivity contribution in [2.45, 2.75) is 32.9 Å². The smallest absolute Gasteiger partial charge is 0.141 e. The van der Waals surface area contributed by atoms with Crippen molar-refractivity contribution in [1.82, 2.24) is 10.3 Å². The largest absolute Gasteiger partial charge is 0.506 e. The zero-order valence-corrected chi connectivity index (χ0v) is 11.4. The molecule has 1 atom stereocenters. The molecule has 1 unspecified atom stereocenters. The molecule has 0 bridgehead atoms. The fourth-order valence-electron chi connectivity index (χ4n) is 2.39. The maximum Gasteiger partial charge on any atom is 0.141 e. The summed E-state index contributed by atoms with van der Waals surface area (Å²) < 4.78 is 5.43. The lowest BCUT2D eigenvalue weighted by Gasteiger charge is -2.22.